The first-order valence-electron chi connectivity index (χ1n) is 6.26. The van der Waals surface area contributed by atoms with Crippen molar-refractivity contribution in [3.8, 4) is 0 Å². The van der Waals surface area contributed by atoms with Gasteiger partial charge in [0.2, 0.25) is 0 Å². The van der Waals surface area contributed by atoms with Gasteiger partial charge in [-0.2, -0.15) is 0 Å². The molecule has 19 heavy (non-hydrogen) atoms. The molecular weight excluding hydrogens is 239 g/mol. The molecule has 0 saturated carbocycles. The third-order valence-corrected chi connectivity index (χ3v) is 2.94. The summed E-state index contributed by atoms with van der Waals surface area (Å²) in [6.45, 7) is 2.10. The molecule has 0 atom stereocenters. The number of halogens is 1. The number of allylic oxidation sites excluding steroid dienone is 1. The van der Waals surface area contributed by atoms with Crippen LogP contribution < -0.4 is 0 Å². The fraction of sp³-hybridized carbons (Fsp3) is 0.118. The van der Waals surface area contributed by atoms with Crippen LogP contribution in [0.2, 0.25) is 0 Å². The predicted octanol–water partition coefficient (Wildman–Crippen LogP) is 4.28. The summed E-state index contributed by atoms with van der Waals surface area (Å²) < 4.78 is 12.7. The Balaban J connectivity index is 2.08. The third kappa shape index (κ3) is 3.62. The van der Waals surface area contributed by atoms with Crippen molar-refractivity contribution in [3.63, 3.8) is 0 Å². The van der Waals surface area contributed by atoms with E-state index in [2.05, 4.69) is 6.92 Å². The number of hydrogen-bond donors (Lipinski definition) is 0. The number of rotatable bonds is 4. The van der Waals surface area contributed by atoms with Gasteiger partial charge in [-0.05, 0) is 47.9 Å². The molecule has 0 aromatic heterocycles. The van der Waals surface area contributed by atoms with Gasteiger partial charge >= 0.3 is 0 Å². The summed E-state index contributed by atoms with van der Waals surface area (Å²) in [5.41, 5.74) is 2.73. The summed E-state index contributed by atoms with van der Waals surface area (Å²) in [6.07, 6.45) is 4.28. The van der Waals surface area contributed by atoms with E-state index in [1.165, 1.54) is 35.9 Å². The van der Waals surface area contributed by atoms with Gasteiger partial charge in [-0.3, -0.25) is 4.79 Å². The first kappa shape index (κ1) is 13.2. The Morgan fingerprint density at radius 1 is 1.05 bits per heavy atom. The number of hydrogen-bond acceptors (Lipinski definition) is 1. The van der Waals surface area contributed by atoms with Crippen molar-refractivity contribution in [2.75, 3.05) is 0 Å². The normalized spacial score (nSPS) is 10.8. The van der Waals surface area contributed by atoms with Crippen molar-refractivity contribution in [2.24, 2.45) is 0 Å². The highest BCUT2D eigenvalue weighted by Crippen LogP contribution is 2.09. The van der Waals surface area contributed by atoms with Crippen molar-refractivity contribution in [3.05, 3.63) is 77.1 Å². The van der Waals surface area contributed by atoms with Gasteiger partial charge in [-0.1, -0.05) is 37.3 Å². The van der Waals surface area contributed by atoms with E-state index in [1.807, 2.05) is 24.3 Å². The molecule has 0 bridgehead atoms. The average Bonchev–Trinajstić information content (AvgIpc) is 2.46. The average molecular weight is 254 g/mol. The Hall–Kier alpha value is -2.22. The molecule has 0 N–H and O–H groups in total. The fourth-order valence-electron chi connectivity index (χ4n) is 1.75. The van der Waals surface area contributed by atoms with Gasteiger partial charge in [-0.15, -0.1) is 0 Å². The monoisotopic (exact) mass is 254 g/mol. The minimum absolute atomic E-state index is 0.125. The Labute approximate surface area is 112 Å². The van der Waals surface area contributed by atoms with Gasteiger partial charge in [-0.25, -0.2) is 4.39 Å². The lowest BCUT2D eigenvalue weighted by Gasteiger charge is -1.98. The van der Waals surface area contributed by atoms with E-state index in [-0.39, 0.29) is 11.6 Å². The van der Waals surface area contributed by atoms with Crippen LogP contribution in [-0.4, -0.2) is 5.78 Å². The van der Waals surface area contributed by atoms with Gasteiger partial charge in [0.15, 0.2) is 5.78 Å². The molecular formula is C17H15FO. The predicted molar refractivity (Wildman–Crippen MR) is 75.6 cm³/mol. The summed E-state index contributed by atoms with van der Waals surface area (Å²) in [6, 6.07) is 13.6. The summed E-state index contributed by atoms with van der Waals surface area (Å²) in [5.74, 6) is -0.463. The molecule has 0 aliphatic carbocycles. The van der Waals surface area contributed by atoms with Crippen LogP contribution in [0.3, 0.4) is 0 Å². The molecule has 0 aliphatic heterocycles. The van der Waals surface area contributed by atoms with E-state index in [4.69, 9.17) is 0 Å². The van der Waals surface area contributed by atoms with Crippen LogP contribution in [0.25, 0.3) is 6.08 Å². The molecule has 0 spiro atoms. The molecule has 0 saturated heterocycles. The summed E-state index contributed by atoms with van der Waals surface area (Å²) in [4.78, 5) is 11.8. The Morgan fingerprint density at radius 2 is 1.68 bits per heavy atom. The third-order valence-electron chi connectivity index (χ3n) is 2.94. The molecule has 0 unspecified atom stereocenters. The number of aryl methyl sites for hydroxylation is 1. The molecule has 0 heterocycles. The lowest BCUT2D eigenvalue weighted by molar-refractivity contribution is 0.104. The summed E-state index contributed by atoms with van der Waals surface area (Å²) in [7, 11) is 0. The van der Waals surface area contributed by atoms with E-state index < -0.39 is 0 Å². The van der Waals surface area contributed by atoms with Crippen LogP contribution in [0.1, 0.15) is 28.4 Å². The van der Waals surface area contributed by atoms with E-state index >= 15 is 0 Å². The second-order valence-corrected chi connectivity index (χ2v) is 4.30. The quantitative estimate of drug-likeness (QED) is 0.587. The second-order valence-electron chi connectivity index (χ2n) is 4.30. The molecule has 0 amide bonds. The maximum atomic E-state index is 12.7. The van der Waals surface area contributed by atoms with Crippen molar-refractivity contribution < 1.29 is 9.18 Å². The lowest BCUT2D eigenvalue weighted by Crippen LogP contribution is -1.93. The van der Waals surface area contributed by atoms with Crippen LogP contribution in [0.5, 0.6) is 0 Å². The van der Waals surface area contributed by atoms with Crippen LogP contribution in [-0.2, 0) is 6.42 Å². The first-order valence-corrected chi connectivity index (χ1v) is 6.26. The number of carbonyl (C=O) groups is 1. The van der Waals surface area contributed by atoms with Crippen molar-refractivity contribution in [2.45, 2.75) is 13.3 Å². The second kappa shape index (κ2) is 6.10. The van der Waals surface area contributed by atoms with E-state index in [9.17, 15) is 9.18 Å². The van der Waals surface area contributed by atoms with E-state index in [0.717, 1.165) is 12.0 Å². The van der Waals surface area contributed by atoms with Gasteiger partial charge < -0.3 is 0 Å². The zero-order valence-corrected chi connectivity index (χ0v) is 10.8. The van der Waals surface area contributed by atoms with Gasteiger partial charge in [0.1, 0.15) is 5.82 Å². The summed E-state index contributed by atoms with van der Waals surface area (Å²) >= 11 is 0. The zero-order chi connectivity index (χ0) is 13.7. The van der Waals surface area contributed by atoms with Crippen LogP contribution in [0.4, 0.5) is 4.39 Å². The summed E-state index contributed by atoms with van der Waals surface area (Å²) in [5, 5.41) is 0. The topological polar surface area (TPSA) is 17.1 Å². The van der Waals surface area contributed by atoms with Gasteiger partial charge in [0, 0.05) is 5.56 Å². The number of ketones is 1. The smallest absolute Gasteiger partial charge is 0.185 e. The molecule has 1 nitrogen and oxygen atoms in total. The maximum Gasteiger partial charge on any atom is 0.185 e. The highest BCUT2D eigenvalue weighted by Gasteiger charge is 2.01. The molecule has 0 aliphatic rings. The minimum atomic E-state index is -0.337. The molecule has 2 rings (SSSR count). The molecule has 2 aromatic rings. The largest absolute Gasteiger partial charge is 0.289 e. The van der Waals surface area contributed by atoms with Gasteiger partial charge in [0.25, 0.3) is 0 Å². The highest BCUT2D eigenvalue weighted by molar-refractivity contribution is 6.06. The Bertz CT molecular complexity index is 580. The van der Waals surface area contributed by atoms with Crippen molar-refractivity contribution in [1.29, 1.82) is 0 Å². The molecule has 0 radical (unpaired) electrons. The SMILES string of the molecule is CCc1ccc(C=CC(=O)c2ccc(F)cc2)cc1. The highest BCUT2D eigenvalue weighted by atomic mass is 19.1. The van der Waals surface area contributed by atoms with E-state index in [1.54, 1.807) is 6.08 Å². The van der Waals surface area contributed by atoms with Gasteiger partial charge in [0.05, 0.1) is 0 Å². The van der Waals surface area contributed by atoms with Crippen molar-refractivity contribution in [1.82, 2.24) is 0 Å². The number of benzene rings is 2. The minimum Gasteiger partial charge on any atom is -0.289 e. The fourth-order valence-corrected chi connectivity index (χ4v) is 1.75. The maximum absolute atomic E-state index is 12.7. The molecule has 96 valence electrons. The van der Waals surface area contributed by atoms with E-state index in [0.29, 0.717) is 5.56 Å². The number of carbonyl (C=O) groups excluding carboxylic acids is 1. The van der Waals surface area contributed by atoms with Crippen LogP contribution in [0, 0.1) is 5.82 Å². The standard InChI is InChI=1S/C17H15FO/c1-2-13-3-5-14(6-4-13)7-12-17(19)15-8-10-16(18)11-9-15/h3-12H,2H2,1H3. The van der Waals surface area contributed by atoms with Crippen LogP contribution in [0.15, 0.2) is 54.6 Å². The Kier molecular flexibility index (Phi) is 4.24. The zero-order valence-electron chi connectivity index (χ0n) is 10.8. The molecule has 2 aromatic carbocycles. The van der Waals surface area contributed by atoms with Crippen LogP contribution >= 0.6 is 0 Å². The Morgan fingerprint density at radius 3 is 2.26 bits per heavy atom. The lowest BCUT2D eigenvalue weighted by atomic mass is 10.1. The molecule has 2 heteroatoms. The molecule has 0 fully saturated rings. The first-order chi connectivity index (χ1) is 9.19. The van der Waals surface area contributed by atoms with Crippen molar-refractivity contribution >= 4 is 11.9 Å².